The highest BCUT2D eigenvalue weighted by atomic mass is 16.6. The summed E-state index contributed by atoms with van der Waals surface area (Å²) in [7, 11) is 0. The fourth-order valence-corrected chi connectivity index (χ4v) is 7.84. The van der Waals surface area contributed by atoms with Crippen LogP contribution in [0.4, 0.5) is 10.5 Å². The van der Waals surface area contributed by atoms with Gasteiger partial charge >= 0.3 is 6.09 Å². The third-order valence-electron chi connectivity index (χ3n) is 9.95. The number of carbonyl (C=O) groups excluding carboxylic acids is 3. The second kappa shape index (κ2) is 13.6. The van der Waals surface area contributed by atoms with Crippen molar-refractivity contribution in [1.82, 2.24) is 15.2 Å². The first-order valence-corrected chi connectivity index (χ1v) is 16.6. The fourth-order valence-electron chi connectivity index (χ4n) is 7.84. The van der Waals surface area contributed by atoms with Crippen molar-refractivity contribution in [2.75, 3.05) is 11.9 Å². The van der Waals surface area contributed by atoms with Gasteiger partial charge in [0, 0.05) is 35.8 Å². The summed E-state index contributed by atoms with van der Waals surface area (Å²) in [5, 5.41) is 7.24. The van der Waals surface area contributed by atoms with Gasteiger partial charge in [0.25, 0.3) is 0 Å². The number of rotatable bonds is 7. The Kier molecular flexibility index (Phi) is 9.92. The van der Waals surface area contributed by atoms with E-state index in [1.54, 1.807) is 6.20 Å². The number of nitrogens with zero attached hydrogens (tertiary/aromatic N) is 2. The van der Waals surface area contributed by atoms with E-state index in [0.29, 0.717) is 18.4 Å². The first-order chi connectivity index (χ1) is 20.6. The largest absolute Gasteiger partial charge is 0.444 e. The molecular formula is C35H50N4O4. The first kappa shape index (κ1) is 31.3. The van der Waals surface area contributed by atoms with Crippen LogP contribution in [0.2, 0.25) is 0 Å². The Morgan fingerprint density at radius 3 is 2.44 bits per heavy atom. The maximum atomic E-state index is 14.1. The van der Waals surface area contributed by atoms with Crippen molar-refractivity contribution in [3.63, 3.8) is 0 Å². The number of aromatic nitrogens is 1. The molecule has 2 aliphatic carbocycles. The van der Waals surface area contributed by atoms with Gasteiger partial charge in [-0.15, -0.1) is 0 Å². The van der Waals surface area contributed by atoms with Crippen LogP contribution < -0.4 is 10.6 Å². The number of carbonyl (C=O) groups is 3. The van der Waals surface area contributed by atoms with E-state index in [9.17, 15) is 14.4 Å². The van der Waals surface area contributed by atoms with E-state index in [2.05, 4.69) is 22.5 Å². The Bertz CT molecular complexity index is 1280. The van der Waals surface area contributed by atoms with Crippen molar-refractivity contribution >= 4 is 34.5 Å². The Labute approximate surface area is 256 Å². The molecule has 2 heterocycles. The molecule has 2 N–H and O–H groups in total. The molecule has 3 amide bonds. The normalized spacial score (nSPS) is 25.7. The molecule has 5 rings (SSSR count). The summed E-state index contributed by atoms with van der Waals surface area (Å²) in [5.41, 5.74) is 1.10. The number of amides is 3. The quantitative estimate of drug-likeness (QED) is 0.359. The number of hydrogen-bond acceptors (Lipinski definition) is 5. The Morgan fingerprint density at radius 2 is 1.74 bits per heavy atom. The number of fused-ring (bicyclic) bond motifs is 1. The molecule has 1 saturated heterocycles. The van der Waals surface area contributed by atoms with Crippen LogP contribution in [-0.4, -0.2) is 52.0 Å². The minimum Gasteiger partial charge on any atom is -0.444 e. The first-order valence-electron chi connectivity index (χ1n) is 16.6. The van der Waals surface area contributed by atoms with Crippen LogP contribution in [0, 0.1) is 23.7 Å². The Balaban J connectivity index is 1.26. The fraction of sp³-hybridized carbons (Fsp3) is 0.657. The average molecular weight is 591 g/mol. The van der Waals surface area contributed by atoms with Gasteiger partial charge in [-0.1, -0.05) is 45.1 Å². The third kappa shape index (κ3) is 7.68. The molecule has 3 aliphatic rings. The Hall–Kier alpha value is -3.16. The minimum absolute atomic E-state index is 0.0315. The maximum Gasteiger partial charge on any atom is 0.407 e. The lowest BCUT2D eigenvalue weighted by molar-refractivity contribution is -0.142. The maximum absolute atomic E-state index is 14.1. The number of hydrogen-bond donors (Lipinski definition) is 2. The summed E-state index contributed by atoms with van der Waals surface area (Å²) in [6, 6.07) is 9.29. The molecule has 2 saturated carbocycles. The van der Waals surface area contributed by atoms with Crippen LogP contribution in [-0.2, 0) is 14.3 Å². The third-order valence-corrected chi connectivity index (χ3v) is 9.95. The van der Waals surface area contributed by atoms with Gasteiger partial charge in [-0.05, 0) is 101 Å². The lowest BCUT2D eigenvalue weighted by Gasteiger charge is -2.37. The minimum atomic E-state index is -0.536. The van der Waals surface area contributed by atoms with E-state index in [-0.39, 0.29) is 35.8 Å². The molecule has 1 aliphatic heterocycles. The number of pyridine rings is 1. The molecule has 3 fully saturated rings. The van der Waals surface area contributed by atoms with Gasteiger partial charge in [0.1, 0.15) is 11.6 Å². The average Bonchev–Trinajstić information content (AvgIpc) is 3.45. The van der Waals surface area contributed by atoms with Gasteiger partial charge in [-0.25, -0.2) is 4.79 Å². The van der Waals surface area contributed by atoms with Crippen LogP contribution in [0.1, 0.15) is 98.3 Å². The number of alkyl carbamates (subject to hydrolysis) is 1. The molecule has 1 unspecified atom stereocenters. The molecule has 8 heteroatoms. The highest BCUT2D eigenvalue weighted by Crippen LogP contribution is 2.41. The van der Waals surface area contributed by atoms with Gasteiger partial charge < -0.3 is 20.3 Å². The van der Waals surface area contributed by atoms with E-state index in [4.69, 9.17) is 4.74 Å². The molecule has 1 aromatic heterocycles. The lowest BCUT2D eigenvalue weighted by atomic mass is 9.75. The molecule has 1 aromatic carbocycles. The van der Waals surface area contributed by atoms with E-state index in [1.165, 1.54) is 19.3 Å². The van der Waals surface area contributed by atoms with Crippen molar-refractivity contribution < 1.29 is 19.1 Å². The van der Waals surface area contributed by atoms with Gasteiger partial charge in [0.2, 0.25) is 11.8 Å². The summed E-state index contributed by atoms with van der Waals surface area (Å²) in [4.78, 5) is 46.9. The number of likely N-dealkylation sites (tertiary alicyclic amines) is 1. The van der Waals surface area contributed by atoms with Crippen LogP contribution in [0.5, 0.6) is 0 Å². The summed E-state index contributed by atoms with van der Waals surface area (Å²) >= 11 is 0. The second-order valence-corrected chi connectivity index (χ2v) is 14.0. The van der Waals surface area contributed by atoms with Crippen LogP contribution in [0.25, 0.3) is 10.9 Å². The number of benzene rings is 1. The van der Waals surface area contributed by atoms with Gasteiger partial charge in [-0.3, -0.25) is 14.6 Å². The van der Waals surface area contributed by atoms with E-state index < -0.39 is 11.6 Å². The van der Waals surface area contributed by atoms with Crippen molar-refractivity contribution in [2.24, 2.45) is 23.7 Å². The summed E-state index contributed by atoms with van der Waals surface area (Å²) < 4.78 is 5.49. The molecule has 0 radical (unpaired) electrons. The van der Waals surface area contributed by atoms with Crippen LogP contribution in [0.15, 0.2) is 36.5 Å². The zero-order valence-corrected chi connectivity index (χ0v) is 26.4. The second-order valence-electron chi connectivity index (χ2n) is 14.0. The SMILES string of the molecule is CCC(NC(=O)OC(C)(C)C)C1CCC(C(=O)N2CC[C@@H](C3CCCCC3)[C@H]2C(=O)Nc2ccc3ncccc3c2)CC1. The van der Waals surface area contributed by atoms with Crippen LogP contribution in [0.3, 0.4) is 0 Å². The lowest BCUT2D eigenvalue weighted by Crippen LogP contribution is -2.50. The number of anilines is 1. The smallest absolute Gasteiger partial charge is 0.407 e. The van der Waals surface area contributed by atoms with Gasteiger partial charge in [-0.2, -0.15) is 0 Å². The molecular weight excluding hydrogens is 540 g/mol. The van der Waals surface area contributed by atoms with E-state index >= 15 is 0 Å². The molecule has 43 heavy (non-hydrogen) atoms. The predicted octanol–water partition coefficient (Wildman–Crippen LogP) is 7.08. The summed E-state index contributed by atoms with van der Waals surface area (Å²) in [5.74, 6) is 0.992. The highest BCUT2D eigenvalue weighted by molar-refractivity contribution is 5.99. The number of ether oxygens (including phenoxy) is 1. The van der Waals surface area contributed by atoms with Crippen molar-refractivity contribution in [1.29, 1.82) is 0 Å². The zero-order valence-electron chi connectivity index (χ0n) is 26.4. The van der Waals surface area contributed by atoms with Crippen molar-refractivity contribution in [3.8, 4) is 0 Å². The molecule has 0 spiro atoms. The summed E-state index contributed by atoms with van der Waals surface area (Å²) in [6.45, 7) is 8.35. The topological polar surface area (TPSA) is 101 Å². The molecule has 234 valence electrons. The van der Waals surface area contributed by atoms with Crippen molar-refractivity contribution in [3.05, 3.63) is 36.5 Å². The van der Waals surface area contributed by atoms with E-state index in [1.807, 2.05) is 56.0 Å². The van der Waals surface area contributed by atoms with Gasteiger partial charge in [0.05, 0.1) is 5.52 Å². The Morgan fingerprint density at radius 1 is 1.00 bits per heavy atom. The zero-order chi connectivity index (χ0) is 30.6. The molecule has 8 nitrogen and oxygen atoms in total. The predicted molar refractivity (Wildman–Crippen MR) is 169 cm³/mol. The highest BCUT2D eigenvalue weighted by Gasteiger charge is 2.47. The number of nitrogens with one attached hydrogen (secondary N) is 2. The molecule has 0 bridgehead atoms. The van der Waals surface area contributed by atoms with Crippen LogP contribution >= 0.6 is 0 Å². The molecule has 3 atom stereocenters. The van der Waals surface area contributed by atoms with E-state index in [0.717, 1.165) is 68.0 Å². The standard InChI is InChI=1S/C35H50N4O4/c1-5-29(38-34(42)43-35(2,3)4)24-13-15-25(16-14-24)33(41)39-21-19-28(23-10-7-6-8-11-23)31(39)32(40)37-27-17-18-30-26(22-27)12-9-20-36-30/h9,12,17-18,20,22-25,28-29,31H,5-8,10-11,13-16,19,21H2,1-4H3,(H,37,40)(H,38,42)/t24?,25?,28-,29?,31-/m0/s1. The summed E-state index contributed by atoms with van der Waals surface area (Å²) in [6.07, 6.45) is 12.4. The van der Waals surface area contributed by atoms with Gasteiger partial charge in [0.15, 0.2) is 0 Å². The molecule has 2 aromatic rings. The monoisotopic (exact) mass is 590 g/mol. The van der Waals surface area contributed by atoms with Crippen molar-refractivity contribution in [2.45, 2.75) is 116 Å².